The second-order valence-electron chi connectivity index (χ2n) is 6.59. The summed E-state index contributed by atoms with van der Waals surface area (Å²) in [6, 6.07) is 0.0666. The zero-order valence-electron chi connectivity index (χ0n) is 13.6. The average Bonchev–Trinajstić information content (AvgIpc) is 2.48. The van der Waals surface area contributed by atoms with Crippen molar-refractivity contribution in [2.75, 3.05) is 45.9 Å². The fourth-order valence-electron chi connectivity index (χ4n) is 3.06. The highest BCUT2D eigenvalue weighted by molar-refractivity contribution is 5.74. The minimum Gasteiger partial charge on any atom is -0.375 e. The van der Waals surface area contributed by atoms with E-state index in [9.17, 15) is 4.79 Å². The molecule has 1 atom stereocenters. The third-order valence-electron chi connectivity index (χ3n) is 4.58. The molecule has 2 rings (SSSR count). The van der Waals surface area contributed by atoms with Gasteiger partial charge >= 0.3 is 6.03 Å². The number of rotatable bonds is 5. The molecule has 1 N–H and O–H groups in total. The summed E-state index contributed by atoms with van der Waals surface area (Å²) in [4.78, 5) is 16.4. The third-order valence-corrected chi connectivity index (χ3v) is 4.58. The van der Waals surface area contributed by atoms with Crippen LogP contribution in [-0.2, 0) is 4.74 Å². The van der Waals surface area contributed by atoms with Crippen molar-refractivity contribution in [2.45, 2.75) is 45.6 Å². The molecule has 0 bridgehead atoms. The van der Waals surface area contributed by atoms with Gasteiger partial charge in [0.25, 0.3) is 0 Å². The largest absolute Gasteiger partial charge is 0.375 e. The van der Waals surface area contributed by atoms with Crippen LogP contribution < -0.4 is 5.32 Å². The van der Waals surface area contributed by atoms with Gasteiger partial charge in [-0.3, -0.25) is 0 Å². The van der Waals surface area contributed by atoms with Crippen LogP contribution in [0.2, 0.25) is 0 Å². The van der Waals surface area contributed by atoms with Crippen molar-refractivity contribution in [1.82, 2.24) is 15.1 Å². The molecule has 2 aliphatic heterocycles. The van der Waals surface area contributed by atoms with E-state index in [-0.39, 0.29) is 12.1 Å². The zero-order chi connectivity index (χ0) is 15.1. The van der Waals surface area contributed by atoms with E-state index in [0.717, 1.165) is 18.9 Å². The number of likely N-dealkylation sites (tertiary alicyclic amines) is 1. The molecule has 0 radical (unpaired) electrons. The number of ether oxygens (including phenoxy) is 1. The smallest absolute Gasteiger partial charge is 0.317 e. The van der Waals surface area contributed by atoms with Crippen LogP contribution in [0.15, 0.2) is 0 Å². The number of carbonyl (C=O) groups excluding carboxylic acids is 1. The Labute approximate surface area is 129 Å². The molecule has 0 aromatic rings. The summed E-state index contributed by atoms with van der Waals surface area (Å²) in [6.07, 6.45) is 5.08. The van der Waals surface area contributed by atoms with Gasteiger partial charge in [0.1, 0.15) is 0 Å². The molecular formula is C16H31N3O2. The van der Waals surface area contributed by atoms with E-state index in [0.29, 0.717) is 19.7 Å². The van der Waals surface area contributed by atoms with Crippen molar-refractivity contribution in [3.05, 3.63) is 0 Å². The lowest BCUT2D eigenvalue weighted by atomic mass is 9.99. The van der Waals surface area contributed by atoms with Gasteiger partial charge in [-0.25, -0.2) is 4.79 Å². The summed E-state index contributed by atoms with van der Waals surface area (Å²) in [7, 11) is 0. The Bertz CT molecular complexity index is 317. The van der Waals surface area contributed by atoms with Crippen molar-refractivity contribution >= 4 is 6.03 Å². The molecule has 0 spiro atoms. The van der Waals surface area contributed by atoms with Crippen LogP contribution in [0.3, 0.4) is 0 Å². The van der Waals surface area contributed by atoms with Crippen molar-refractivity contribution in [3.63, 3.8) is 0 Å². The second kappa shape index (κ2) is 8.59. The summed E-state index contributed by atoms with van der Waals surface area (Å²) >= 11 is 0. The van der Waals surface area contributed by atoms with E-state index in [2.05, 4.69) is 17.1 Å². The Hall–Kier alpha value is -0.810. The number of piperidine rings is 1. The maximum Gasteiger partial charge on any atom is 0.317 e. The molecule has 21 heavy (non-hydrogen) atoms. The molecule has 2 heterocycles. The van der Waals surface area contributed by atoms with E-state index in [1.54, 1.807) is 0 Å². The minimum atomic E-state index is 0.0666. The lowest BCUT2D eigenvalue weighted by molar-refractivity contribution is -0.00345. The van der Waals surface area contributed by atoms with Crippen molar-refractivity contribution in [1.29, 1.82) is 0 Å². The number of unbranched alkanes of at least 4 members (excludes halogenated alkanes) is 1. The number of amides is 2. The van der Waals surface area contributed by atoms with Gasteiger partial charge in [-0.2, -0.15) is 0 Å². The molecule has 5 heteroatoms. The van der Waals surface area contributed by atoms with Crippen molar-refractivity contribution in [2.24, 2.45) is 5.92 Å². The minimum absolute atomic E-state index is 0.0666. The fraction of sp³-hybridized carbons (Fsp3) is 0.938. The zero-order valence-corrected chi connectivity index (χ0v) is 13.6. The predicted molar refractivity (Wildman–Crippen MR) is 84.5 cm³/mol. The Morgan fingerprint density at radius 2 is 1.95 bits per heavy atom. The lowest BCUT2D eigenvalue weighted by Crippen LogP contribution is -2.49. The number of carbonyl (C=O) groups is 1. The highest BCUT2D eigenvalue weighted by Gasteiger charge is 2.20. The average molecular weight is 297 g/mol. The standard InChI is InChI=1S/C16H31N3O2/c1-14-5-9-18(10-6-14)8-4-3-7-17-16(20)19-11-12-21-15(2)13-19/h14-15H,3-13H2,1-2H3,(H,17,20). The molecule has 2 amide bonds. The SMILES string of the molecule is CC1CCN(CCCCNC(=O)N2CCOC(C)C2)CC1. The van der Waals surface area contributed by atoms with Crippen LogP contribution in [0.25, 0.3) is 0 Å². The lowest BCUT2D eigenvalue weighted by Gasteiger charge is -2.31. The molecule has 5 nitrogen and oxygen atoms in total. The molecule has 2 aliphatic rings. The van der Waals surface area contributed by atoms with Crippen LogP contribution >= 0.6 is 0 Å². The van der Waals surface area contributed by atoms with Gasteiger partial charge in [-0.1, -0.05) is 6.92 Å². The first-order valence-electron chi connectivity index (χ1n) is 8.52. The summed E-state index contributed by atoms with van der Waals surface area (Å²) in [5.41, 5.74) is 0. The monoisotopic (exact) mass is 297 g/mol. The molecule has 0 aromatic heterocycles. The quantitative estimate of drug-likeness (QED) is 0.789. The third kappa shape index (κ3) is 5.83. The van der Waals surface area contributed by atoms with Crippen LogP contribution in [-0.4, -0.2) is 67.8 Å². The van der Waals surface area contributed by atoms with Crippen LogP contribution in [0, 0.1) is 5.92 Å². The predicted octanol–water partition coefficient (Wildman–Crippen LogP) is 1.93. The van der Waals surface area contributed by atoms with Gasteiger partial charge in [0.2, 0.25) is 0 Å². The molecular weight excluding hydrogens is 266 g/mol. The van der Waals surface area contributed by atoms with E-state index >= 15 is 0 Å². The molecule has 122 valence electrons. The molecule has 2 saturated heterocycles. The summed E-state index contributed by atoms with van der Waals surface area (Å²) < 4.78 is 5.45. The van der Waals surface area contributed by atoms with Gasteiger partial charge < -0.3 is 19.9 Å². The van der Waals surface area contributed by atoms with Gasteiger partial charge in [0.05, 0.1) is 12.7 Å². The Morgan fingerprint density at radius 3 is 2.67 bits per heavy atom. The van der Waals surface area contributed by atoms with Crippen LogP contribution in [0.1, 0.15) is 39.5 Å². The number of nitrogens with one attached hydrogen (secondary N) is 1. The molecule has 1 unspecified atom stereocenters. The number of hydrogen-bond donors (Lipinski definition) is 1. The highest BCUT2D eigenvalue weighted by Crippen LogP contribution is 2.16. The molecule has 0 aromatic carbocycles. The number of nitrogens with zero attached hydrogens (tertiary/aromatic N) is 2. The Morgan fingerprint density at radius 1 is 1.19 bits per heavy atom. The summed E-state index contributed by atoms with van der Waals surface area (Å²) in [6.45, 7) is 10.9. The molecule has 2 fully saturated rings. The normalized spacial score (nSPS) is 25.0. The second-order valence-corrected chi connectivity index (χ2v) is 6.59. The van der Waals surface area contributed by atoms with Gasteiger partial charge in [0, 0.05) is 19.6 Å². The first kappa shape index (κ1) is 16.6. The molecule has 0 aliphatic carbocycles. The van der Waals surface area contributed by atoms with Gasteiger partial charge in [0.15, 0.2) is 0 Å². The van der Waals surface area contributed by atoms with Crippen LogP contribution in [0.5, 0.6) is 0 Å². The Kier molecular flexibility index (Phi) is 6.77. The highest BCUT2D eigenvalue weighted by atomic mass is 16.5. The van der Waals surface area contributed by atoms with Crippen LogP contribution in [0.4, 0.5) is 4.79 Å². The van der Waals surface area contributed by atoms with Crippen molar-refractivity contribution < 1.29 is 9.53 Å². The number of hydrogen-bond acceptors (Lipinski definition) is 3. The number of urea groups is 1. The number of morpholine rings is 1. The summed E-state index contributed by atoms with van der Waals surface area (Å²) in [5, 5.41) is 3.03. The maximum absolute atomic E-state index is 12.0. The maximum atomic E-state index is 12.0. The van der Waals surface area contributed by atoms with E-state index in [4.69, 9.17) is 4.74 Å². The van der Waals surface area contributed by atoms with Gasteiger partial charge in [-0.15, -0.1) is 0 Å². The first-order chi connectivity index (χ1) is 10.1. The first-order valence-corrected chi connectivity index (χ1v) is 8.52. The topological polar surface area (TPSA) is 44.8 Å². The summed E-state index contributed by atoms with van der Waals surface area (Å²) in [5.74, 6) is 0.899. The van der Waals surface area contributed by atoms with Gasteiger partial charge in [-0.05, 0) is 58.2 Å². The van der Waals surface area contributed by atoms with Crippen molar-refractivity contribution in [3.8, 4) is 0 Å². The van der Waals surface area contributed by atoms with E-state index < -0.39 is 0 Å². The van der Waals surface area contributed by atoms with E-state index in [1.807, 2.05) is 11.8 Å². The molecule has 0 saturated carbocycles. The fourth-order valence-corrected chi connectivity index (χ4v) is 3.06. The van der Waals surface area contributed by atoms with E-state index in [1.165, 1.54) is 38.9 Å². The Balaban J connectivity index is 1.50.